The van der Waals surface area contributed by atoms with E-state index < -0.39 is 6.04 Å². The Hall–Kier alpha value is -1.40. The minimum Gasteiger partial charge on any atom is -0.357 e. The van der Waals surface area contributed by atoms with Crippen molar-refractivity contribution in [2.45, 2.75) is 30.8 Å². The molecule has 0 spiro atoms. The lowest BCUT2D eigenvalue weighted by Gasteiger charge is -2.30. The number of hydrogen-bond acceptors (Lipinski definition) is 3. The van der Waals surface area contributed by atoms with Crippen molar-refractivity contribution in [1.29, 1.82) is 0 Å². The molecule has 0 aliphatic heterocycles. The summed E-state index contributed by atoms with van der Waals surface area (Å²) in [5, 5.41) is 4.25. The number of thioether (sulfide) groups is 1. The molecule has 2 rings (SSSR count). The molecule has 0 bridgehead atoms. The van der Waals surface area contributed by atoms with Gasteiger partial charge in [0.05, 0.1) is 5.75 Å². The standard InChI is InChI=1S/C20H21Cl3N2O2S/c1-3-18(20(27)24-2)25(11-13-4-5-15(22)10-17(13)23)19(26)12-28-16-8-6-14(21)7-9-16/h4-10,18H,3,11-12H2,1-2H3,(H,24,27)/t18-/m0/s1. The molecule has 0 aromatic heterocycles. The molecule has 0 saturated heterocycles. The van der Waals surface area contributed by atoms with Crippen molar-refractivity contribution in [3.05, 3.63) is 63.1 Å². The van der Waals surface area contributed by atoms with Crippen molar-refractivity contribution >= 4 is 58.4 Å². The number of carbonyl (C=O) groups excluding carboxylic acids is 2. The first-order valence-corrected chi connectivity index (χ1v) is 10.8. The maximum Gasteiger partial charge on any atom is 0.242 e. The van der Waals surface area contributed by atoms with E-state index in [1.54, 1.807) is 42.3 Å². The Labute approximate surface area is 184 Å². The highest BCUT2D eigenvalue weighted by Gasteiger charge is 2.28. The monoisotopic (exact) mass is 458 g/mol. The zero-order valence-electron chi connectivity index (χ0n) is 15.5. The summed E-state index contributed by atoms with van der Waals surface area (Å²) in [7, 11) is 1.56. The van der Waals surface area contributed by atoms with Gasteiger partial charge in [-0.2, -0.15) is 0 Å². The first kappa shape index (κ1) is 22.9. The Kier molecular flexibility index (Phi) is 8.96. The van der Waals surface area contributed by atoms with E-state index in [9.17, 15) is 9.59 Å². The van der Waals surface area contributed by atoms with Crippen LogP contribution in [0.2, 0.25) is 15.1 Å². The maximum atomic E-state index is 13.0. The number of halogens is 3. The molecule has 0 heterocycles. The summed E-state index contributed by atoms with van der Waals surface area (Å²) in [6.07, 6.45) is 0.488. The average molecular weight is 460 g/mol. The zero-order valence-corrected chi connectivity index (χ0v) is 18.6. The van der Waals surface area contributed by atoms with Crippen LogP contribution in [-0.2, 0) is 16.1 Å². The normalized spacial score (nSPS) is 11.8. The largest absolute Gasteiger partial charge is 0.357 e. The zero-order chi connectivity index (χ0) is 20.7. The Morgan fingerprint density at radius 2 is 1.71 bits per heavy atom. The fourth-order valence-electron chi connectivity index (χ4n) is 2.68. The van der Waals surface area contributed by atoms with E-state index >= 15 is 0 Å². The van der Waals surface area contributed by atoms with Crippen LogP contribution >= 0.6 is 46.6 Å². The van der Waals surface area contributed by atoms with Crippen molar-refractivity contribution in [1.82, 2.24) is 10.2 Å². The molecule has 1 N–H and O–H groups in total. The molecule has 0 saturated carbocycles. The number of rotatable bonds is 8. The van der Waals surface area contributed by atoms with Gasteiger partial charge in [0.1, 0.15) is 6.04 Å². The molecule has 1 atom stereocenters. The van der Waals surface area contributed by atoms with Gasteiger partial charge in [0.2, 0.25) is 11.8 Å². The lowest BCUT2D eigenvalue weighted by atomic mass is 10.1. The lowest BCUT2D eigenvalue weighted by Crippen LogP contribution is -2.48. The summed E-state index contributed by atoms with van der Waals surface area (Å²) in [4.78, 5) is 27.9. The van der Waals surface area contributed by atoms with Crippen LogP contribution in [-0.4, -0.2) is 35.6 Å². The van der Waals surface area contributed by atoms with Crippen LogP contribution < -0.4 is 5.32 Å². The highest BCUT2D eigenvalue weighted by atomic mass is 35.5. The number of hydrogen-bond donors (Lipinski definition) is 1. The van der Waals surface area contributed by atoms with Gasteiger partial charge < -0.3 is 10.2 Å². The van der Waals surface area contributed by atoms with Gasteiger partial charge in [-0.15, -0.1) is 11.8 Å². The number of carbonyl (C=O) groups is 2. The van der Waals surface area contributed by atoms with Crippen LogP contribution in [0.3, 0.4) is 0 Å². The third kappa shape index (κ3) is 6.31. The van der Waals surface area contributed by atoms with E-state index in [0.717, 1.165) is 10.5 Å². The Bertz CT molecular complexity index is 831. The molecule has 4 nitrogen and oxygen atoms in total. The predicted molar refractivity (Wildman–Crippen MR) is 117 cm³/mol. The third-order valence-electron chi connectivity index (χ3n) is 4.16. The predicted octanol–water partition coefficient (Wildman–Crippen LogP) is 5.29. The van der Waals surface area contributed by atoms with Crippen molar-refractivity contribution in [2.75, 3.05) is 12.8 Å². The number of likely N-dealkylation sites (N-methyl/N-ethyl adjacent to an activating group) is 1. The van der Waals surface area contributed by atoms with Crippen molar-refractivity contribution in [2.24, 2.45) is 0 Å². The van der Waals surface area contributed by atoms with E-state index in [-0.39, 0.29) is 24.1 Å². The van der Waals surface area contributed by atoms with E-state index in [0.29, 0.717) is 21.5 Å². The van der Waals surface area contributed by atoms with Crippen LogP contribution in [0.1, 0.15) is 18.9 Å². The minimum atomic E-state index is -0.588. The fourth-order valence-corrected chi connectivity index (χ4v) is 4.06. The highest BCUT2D eigenvalue weighted by Crippen LogP contribution is 2.25. The second-order valence-corrected chi connectivity index (χ2v) is 8.37. The van der Waals surface area contributed by atoms with Crippen molar-refractivity contribution in [3.8, 4) is 0 Å². The fraction of sp³-hybridized carbons (Fsp3) is 0.300. The Morgan fingerprint density at radius 3 is 2.29 bits per heavy atom. The van der Waals surface area contributed by atoms with Gasteiger partial charge >= 0.3 is 0 Å². The summed E-state index contributed by atoms with van der Waals surface area (Å²) in [5.41, 5.74) is 0.735. The number of amides is 2. The quantitative estimate of drug-likeness (QED) is 0.545. The second kappa shape index (κ2) is 11.0. The first-order chi connectivity index (χ1) is 13.3. The summed E-state index contributed by atoms with van der Waals surface area (Å²) in [6, 6.07) is 11.8. The van der Waals surface area contributed by atoms with Crippen LogP contribution in [0.25, 0.3) is 0 Å². The third-order valence-corrected chi connectivity index (χ3v) is 6.00. The lowest BCUT2D eigenvalue weighted by molar-refractivity contribution is -0.139. The number of benzene rings is 2. The Balaban J connectivity index is 2.21. The highest BCUT2D eigenvalue weighted by molar-refractivity contribution is 8.00. The van der Waals surface area contributed by atoms with Crippen LogP contribution in [0.15, 0.2) is 47.4 Å². The van der Waals surface area contributed by atoms with Gasteiger partial charge in [0, 0.05) is 33.6 Å². The van der Waals surface area contributed by atoms with E-state index in [4.69, 9.17) is 34.8 Å². The van der Waals surface area contributed by atoms with E-state index in [1.165, 1.54) is 11.8 Å². The van der Waals surface area contributed by atoms with Crippen LogP contribution in [0, 0.1) is 0 Å². The number of nitrogens with zero attached hydrogens (tertiary/aromatic N) is 1. The SMILES string of the molecule is CC[C@@H](C(=O)NC)N(Cc1ccc(Cl)cc1Cl)C(=O)CSc1ccc(Cl)cc1. The molecule has 0 aliphatic rings. The second-order valence-electron chi connectivity index (χ2n) is 6.04. The minimum absolute atomic E-state index is 0.151. The molecule has 2 aromatic rings. The van der Waals surface area contributed by atoms with E-state index in [1.807, 2.05) is 19.1 Å². The van der Waals surface area contributed by atoms with Crippen molar-refractivity contribution in [3.63, 3.8) is 0 Å². The summed E-state index contributed by atoms with van der Waals surface area (Å²) in [6.45, 7) is 2.10. The summed E-state index contributed by atoms with van der Waals surface area (Å²) < 4.78 is 0. The molecule has 0 unspecified atom stereocenters. The summed E-state index contributed by atoms with van der Waals surface area (Å²) in [5.74, 6) is -0.167. The smallest absolute Gasteiger partial charge is 0.242 e. The van der Waals surface area contributed by atoms with Crippen LogP contribution in [0.4, 0.5) is 0 Å². The molecule has 8 heteroatoms. The van der Waals surface area contributed by atoms with Gasteiger partial charge in [-0.25, -0.2) is 0 Å². The summed E-state index contributed by atoms with van der Waals surface area (Å²) >= 11 is 19.5. The van der Waals surface area contributed by atoms with Gasteiger partial charge in [0.15, 0.2) is 0 Å². The van der Waals surface area contributed by atoms with Gasteiger partial charge in [0.25, 0.3) is 0 Å². The molecule has 2 aromatic carbocycles. The molecular weight excluding hydrogens is 439 g/mol. The molecule has 0 aliphatic carbocycles. The first-order valence-electron chi connectivity index (χ1n) is 8.69. The maximum absolute atomic E-state index is 13.0. The Morgan fingerprint density at radius 1 is 1.07 bits per heavy atom. The van der Waals surface area contributed by atoms with Gasteiger partial charge in [-0.05, 0) is 48.4 Å². The van der Waals surface area contributed by atoms with Gasteiger partial charge in [-0.1, -0.05) is 47.8 Å². The topological polar surface area (TPSA) is 49.4 Å². The molecular formula is C20H21Cl3N2O2S. The molecule has 150 valence electrons. The molecule has 0 radical (unpaired) electrons. The molecule has 28 heavy (non-hydrogen) atoms. The van der Waals surface area contributed by atoms with Crippen molar-refractivity contribution < 1.29 is 9.59 Å². The molecule has 2 amide bonds. The van der Waals surface area contributed by atoms with Gasteiger partial charge in [-0.3, -0.25) is 9.59 Å². The van der Waals surface area contributed by atoms with E-state index in [2.05, 4.69) is 5.32 Å². The van der Waals surface area contributed by atoms with Crippen LogP contribution in [0.5, 0.6) is 0 Å². The molecule has 0 fully saturated rings. The average Bonchev–Trinajstić information content (AvgIpc) is 2.68. The number of nitrogens with one attached hydrogen (secondary N) is 1.